The molecular weight excluding hydrogens is 219 g/mol. The molecule has 0 bridgehead atoms. The smallest absolute Gasteiger partial charge is 0.348 e. The van der Waals surface area contributed by atoms with E-state index in [1.54, 1.807) is 13.8 Å². The largest absolute Gasteiger partial charge is 0.456 e. The van der Waals surface area contributed by atoms with Crippen molar-refractivity contribution in [3.63, 3.8) is 0 Å². The second-order valence-corrected chi connectivity index (χ2v) is 4.30. The first-order valence-corrected chi connectivity index (χ1v) is 4.89. The SMILES string of the molecule is CC1(C)OCC(CNSC(F)(F)F)O1. The van der Waals surface area contributed by atoms with E-state index < -0.39 is 11.3 Å². The normalized spacial score (nSPS) is 26.8. The van der Waals surface area contributed by atoms with Gasteiger partial charge in [-0.25, -0.2) is 0 Å². The summed E-state index contributed by atoms with van der Waals surface area (Å²) in [6, 6.07) is 0. The van der Waals surface area contributed by atoms with Crippen LogP contribution >= 0.6 is 11.9 Å². The molecule has 84 valence electrons. The number of hydrogen-bond donors (Lipinski definition) is 1. The Balaban J connectivity index is 2.15. The van der Waals surface area contributed by atoms with Crippen molar-refractivity contribution in [2.45, 2.75) is 31.2 Å². The van der Waals surface area contributed by atoms with Crippen molar-refractivity contribution in [2.75, 3.05) is 13.2 Å². The monoisotopic (exact) mass is 231 g/mol. The summed E-state index contributed by atoms with van der Waals surface area (Å²) in [4.78, 5) is 0. The van der Waals surface area contributed by atoms with Crippen LogP contribution in [0.4, 0.5) is 13.2 Å². The van der Waals surface area contributed by atoms with Crippen LogP contribution in [0, 0.1) is 0 Å². The summed E-state index contributed by atoms with van der Waals surface area (Å²) < 4.78 is 47.8. The summed E-state index contributed by atoms with van der Waals surface area (Å²) in [6.45, 7) is 3.89. The Labute approximate surface area is 84.5 Å². The predicted molar refractivity (Wildman–Crippen MR) is 46.6 cm³/mol. The maximum Gasteiger partial charge on any atom is 0.456 e. The maximum atomic E-state index is 11.7. The first kappa shape index (κ1) is 12.1. The number of nitrogens with one attached hydrogen (secondary N) is 1. The fourth-order valence-corrected chi connectivity index (χ4v) is 1.51. The van der Waals surface area contributed by atoms with Crippen LogP contribution in [0.25, 0.3) is 0 Å². The zero-order valence-corrected chi connectivity index (χ0v) is 8.67. The molecule has 1 N–H and O–H groups in total. The van der Waals surface area contributed by atoms with Gasteiger partial charge in [-0.05, 0) is 13.8 Å². The number of halogens is 3. The molecule has 1 aliphatic heterocycles. The molecule has 1 heterocycles. The highest BCUT2D eigenvalue weighted by Crippen LogP contribution is 2.28. The molecular formula is C7H12F3NO2S. The van der Waals surface area contributed by atoms with E-state index >= 15 is 0 Å². The van der Waals surface area contributed by atoms with Crippen molar-refractivity contribution in [2.24, 2.45) is 0 Å². The van der Waals surface area contributed by atoms with E-state index in [-0.39, 0.29) is 24.6 Å². The highest BCUT2D eigenvalue weighted by molar-refractivity contribution is 7.98. The fraction of sp³-hybridized carbons (Fsp3) is 1.00. The van der Waals surface area contributed by atoms with E-state index in [9.17, 15) is 13.2 Å². The number of alkyl halides is 3. The first-order chi connectivity index (χ1) is 6.29. The molecule has 1 rings (SSSR count). The zero-order chi connectivity index (χ0) is 10.8. The van der Waals surface area contributed by atoms with Gasteiger partial charge in [-0.15, -0.1) is 0 Å². The third-order valence-electron chi connectivity index (χ3n) is 1.57. The quantitative estimate of drug-likeness (QED) is 0.751. The molecule has 0 radical (unpaired) electrons. The molecule has 1 saturated heterocycles. The van der Waals surface area contributed by atoms with Crippen LogP contribution in [0.5, 0.6) is 0 Å². The number of ether oxygens (including phenoxy) is 2. The van der Waals surface area contributed by atoms with Crippen molar-refractivity contribution in [3.8, 4) is 0 Å². The van der Waals surface area contributed by atoms with Gasteiger partial charge in [-0.1, -0.05) is 0 Å². The van der Waals surface area contributed by atoms with Gasteiger partial charge in [-0.2, -0.15) is 13.2 Å². The van der Waals surface area contributed by atoms with E-state index in [2.05, 4.69) is 4.72 Å². The zero-order valence-electron chi connectivity index (χ0n) is 7.85. The third kappa shape index (κ3) is 4.50. The van der Waals surface area contributed by atoms with E-state index in [0.717, 1.165) is 0 Å². The summed E-state index contributed by atoms with van der Waals surface area (Å²) in [5.74, 6) is -0.685. The molecule has 3 nitrogen and oxygen atoms in total. The lowest BCUT2D eigenvalue weighted by Gasteiger charge is -2.17. The molecule has 0 aliphatic carbocycles. The molecule has 14 heavy (non-hydrogen) atoms. The Hall–Kier alpha value is 0.0200. The van der Waals surface area contributed by atoms with Gasteiger partial charge in [0, 0.05) is 18.5 Å². The average Bonchev–Trinajstić information content (AvgIpc) is 2.27. The molecule has 1 unspecified atom stereocenters. The molecule has 0 spiro atoms. The van der Waals surface area contributed by atoms with E-state index in [1.165, 1.54) is 0 Å². The Morgan fingerprint density at radius 2 is 2.14 bits per heavy atom. The van der Waals surface area contributed by atoms with Gasteiger partial charge in [0.25, 0.3) is 0 Å². The van der Waals surface area contributed by atoms with Gasteiger partial charge in [0.05, 0.1) is 12.7 Å². The molecule has 0 saturated carbocycles. The summed E-state index contributed by atoms with van der Waals surface area (Å²) in [5, 5.41) is 0. The van der Waals surface area contributed by atoms with Gasteiger partial charge in [0.1, 0.15) is 0 Å². The highest BCUT2D eigenvalue weighted by Gasteiger charge is 2.34. The van der Waals surface area contributed by atoms with E-state index in [1.807, 2.05) is 0 Å². The van der Waals surface area contributed by atoms with Gasteiger partial charge in [0.2, 0.25) is 0 Å². The number of rotatable bonds is 3. The molecule has 1 atom stereocenters. The van der Waals surface area contributed by atoms with E-state index in [0.29, 0.717) is 6.61 Å². The van der Waals surface area contributed by atoms with Crippen LogP contribution in [0.3, 0.4) is 0 Å². The van der Waals surface area contributed by atoms with Crippen molar-refractivity contribution < 1.29 is 22.6 Å². The summed E-state index contributed by atoms with van der Waals surface area (Å²) in [5.41, 5.74) is -4.25. The fourth-order valence-electron chi connectivity index (χ4n) is 1.08. The molecule has 0 aromatic carbocycles. The second kappa shape index (κ2) is 4.26. The summed E-state index contributed by atoms with van der Waals surface area (Å²) >= 11 is -0.265. The standard InChI is InChI=1S/C7H12F3NO2S/c1-6(2)12-4-5(13-6)3-11-14-7(8,9)10/h5,11H,3-4H2,1-2H3. The van der Waals surface area contributed by atoms with E-state index in [4.69, 9.17) is 9.47 Å². The topological polar surface area (TPSA) is 30.5 Å². The molecule has 0 amide bonds. The minimum absolute atomic E-state index is 0.119. The predicted octanol–water partition coefficient (Wildman–Crippen LogP) is 1.90. The van der Waals surface area contributed by atoms with Crippen molar-refractivity contribution in [3.05, 3.63) is 0 Å². The maximum absolute atomic E-state index is 11.7. The van der Waals surface area contributed by atoms with Gasteiger partial charge < -0.3 is 9.47 Å². The van der Waals surface area contributed by atoms with Crippen LogP contribution in [-0.4, -0.2) is 30.6 Å². The minimum Gasteiger partial charge on any atom is -0.348 e. The highest BCUT2D eigenvalue weighted by atomic mass is 32.2. The van der Waals surface area contributed by atoms with Crippen LogP contribution in [0.1, 0.15) is 13.8 Å². The summed E-state index contributed by atoms with van der Waals surface area (Å²) in [6.07, 6.45) is -0.320. The van der Waals surface area contributed by atoms with Crippen LogP contribution in [-0.2, 0) is 9.47 Å². The van der Waals surface area contributed by atoms with Gasteiger partial charge in [-0.3, -0.25) is 4.72 Å². The Kier molecular flexibility index (Phi) is 3.68. The molecule has 0 aromatic heterocycles. The van der Waals surface area contributed by atoms with Crippen molar-refractivity contribution in [1.82, 2.24) is 4.72 Å². The lowest BCUT2D eigenvalue weighted by molar-refractivity contribution is -0.137. The lowest BCUT2D eigenvalue weighted by Crippen LogP contribution is -2.28. The Bertz CT molecular complexity index is 198. The van der Waals surface area contributed by atoms with Crippen LogP contribution < -0.4 is 4.72 Å². The lowest BCUT2D eigenvalue weighted by atomic mass is 10.4. The average molecular weight is 231 g/mol. The van der Waals surface area contributed by atoms with Crippen LogP contribution in [0.2, 0.25) is 0 Å². The third-order valence-corrected chi connectivity index (χ3v) is 2.11. The van der Waals surface area contributed by atoms with Gasteiger partial charge in [0.15, 0.2) is 5.79 Å². The Morgan fingerprint density at radius 1 is 1.50 bits per heavy atom. The molecule has 0 aromatic rings. The first-order valence-electron chi connectivity index (χ1n) is 4.08. The second-order valence-electron chi connectivity index (χ2n) is 3.35. The Morgan fingerprint density at radius 3 is 2.57 bits per heavy atom. The number of hydrogen-bond acceptors (Lipinski definition) is 4. The van der Waals surface area contributed by atoms with Crippen LogP contribution in [0.15, 0.2) is 0 Å². The van der Waals surface area contributed by atoms with Crippen molar-refractivity contribution in [1.29, 1.82) is 0 Å². The minimum atomic E-state index is -4.25. The summed E-state index contributed by atoms with van der Waals surface area (Å²) in [7, 11) is 0. The molecule has 1 fully saturated rings. The van der Waals surface area contributed by atoms with Gasteiger partial charge >= 0.3 is 5.51 Å². The molecule has 7 heteroatoms. The van der Waals surface area contributed by atoms with Crippen molar-refractivity contribution >= 4 is 11.9 Å². The molecule has 1 aliphatic rings.